The average Bonchev–Trinajstić information content (AvgIpc) is 3.14. The molecular weight excluding hydrogens is 673 g/mol. The van der Waals surface area contributed by atoms with Crippen molar-refractivity contribution < 1.29 is 19.8 Å². The van der Waals surface area contributed by atoms with Crippen LogP contribution in [0, 0.1) is 48.5 Å². The van der Waals surface area contributed by atoms with Crippen LogP contribution in [0.2, 0.25) is 0 Å². The average molecular weight is 725 g/mol. The molecule has 1 aliphatic heterocycles. The maximum Gasteiger partial charge on any atom is 0.328 e. The number of carboxylic acid groups (broad SMARTS) is 2. The Bertz CT molecular complexity index is 2090. The molecular formula is C46H52N4O4. The molecule has 8 nitrogen and oxygen atoms in total. The quantitative estimate of drug-likeness (QED) is 0.137. The molecule has 2 aromatic heterocycles. The fraction of sp³-hybridized carbons (Fsp3) is 0.304. The highest BCUT2D eigenvalue weighted by Gasteiger charge is 2.26. The number of nitrogens with zero attached hydrogens (tertiary/aromatic N) is 4. The summed E-state index contributed by atoms with van der Waals surface area (Å²) >= 11 is 0. The van der Waals surface area contributed by atoms with Crippen LogP contribution in [0.15, 0.2) is 97.3 Å². The van der Waals surface area contributed by atoms with Crippen LogP contribution in [0.5, 0.6) is 0 Å². The third kappa shape index (κ3) is 10.5. The van der Waals surface area contributed by atoms with Gasteiger partial charge in [0.15, 0.2) is 0 Å². The number of benzene rings is 3. The zero-order valence-corrected chi connectivity index (χ0v) is 32.6. The number of piperidine rings is 1. The van der Waals surface area contributed by atoms with E-state index >= 15 is 0 Å². The minimum Gasteiger partial charge on any atom is -0.478 e. The Morgan fingerprint density at radius 2 is 1.17 bits per heavy atom. The van der Waals surface area contributed by atoms with E-state index in [1.165, 1.54) is 66.9 Å². The highest BCUT2D eigenvalue weighted by Crippen LogP contribution is 2.30. The molecule has 3 aromatic carbocycles. The second kappa shape index (κ2) is 18.0. The number of hydrogen-bond acceptors (Lipinski definition) is 6. The van der Waals surface area contributed by atoms with Crippen molar-refractivity contribution in [3.63, 3.8) is 0 Å². The van der Waals surface area contributed by atoms with Crippen LogP contribution in [0.4, 0.5) is 5.69 Å². The number of aliphatic carboxylic acids is 2. The molecule has 0 saturated carbocycles. The summed E-state index contributed by atoms with van der Waals surface area (Å²) in [4.78, 5) is 33.9. The molecule has 54 heavy (non-hydrogen) atoms. The highest BCUT2D eigenvalue weighted by molar-refractivity contribution is 5.89. The Balaban J connectivity index is 0.000000631. The molecule has 0 bridgehead atoms. The lowest BCUT2D eigenvalue weighted by Gasteiger charge is -2.40. The fourth-order valence-corrected chi connectivity index (χ4v) is 7.05. The lowest BCUT2D eigenvalue weighted by molar-refractivity contribution is -0.134. The number of aryl methyl sites for hydroxylation is 5. The molecule has 280 valence electrons. The number of carboxylic acids is 2. The summed E-state index contributed by atoms with van der Waals surface area (Å²) in [5, 5.41) is 15.6. The van der Waals surface area contributed by atoms with Crippen molar-refractivity contribution in [3.8, 4) is 22.5 Å². The van der Waals surface area contributed by atoms with Gasteiger partial charge in [-0.25, -0.2) is 9.59 Å². The topological polar surface area (TPSA) is 107 Å². The number of hydrogen-bond donors (Lipinski definition) is 2. The van der Waals surface area contributed by atoms with Gasteiger partial charge in [0.1, 0.15) is 0 Å². The summed E-state index contributed by atoms with van der Waals surface area (Å²) in [7, 11) is 0. The first kappa shape index (κ1) is 39.6. The largest absolute Gasteiger partial charge is 0.478 e. The molecule has 0 radical (unpaired) electrons. The molecule has 0 atom stereocenters. The summed E-state index contributed by atoms with van der Waals surface area (Å²) in [6, 6.07) is 27.5. The van der Waals surface area contributed by atoms with Crippen LogP contribution in [-0.4, -0.2) is 56.2 Å². The number of pyridine rings is 2. The third-order valence-electron chi connectivity index (χ3n) is 10.6. The van der Waals surface area contributed by atoms with E-state index in [4.69, 9.17) is 20.2 Å². The zero-order chi connectivity index (χ0) is 38.9. The summed E-state index contributed by atoms with van der Waals surface area (Å²) in [5.74, 6) is -2.51. The van der Waals surface area contributed by atoms with Gasteiger partial charge in [-0.1, -0.05) is 12.1 Å². The van der Waals surface area contributed by atoms with Crippen LogP contribution in [0.1, 0.15) is 62.9 Å². The van der Waals surface area contributed by atoms with Crippen molar-refractivity contribution in [1.82, 2.24) is 14.9 Å². The van der Waals surface area contributed by atoms with Gasteiger partial charge in [0, 0.05) is 73.6 Å². The molecule has 1 saturated heterocycles. The van der Waals surface area contributed by atoms with Gasteiger partial charge in [0.05, 0.1) is 11.4 Å². The number of aromatic nitrogens is 2. The van der Waals surface area contributed by atoms with Crippen LogP contribution in [-0.2, 0) is 22.7 Å². The van der Waals surface area contributed by atoms with Crippen molar-refractivity contribution in [3.05, 3.63) is 147 Å². The second-order valence-electron chi connectivity index (χ2n) is 14.6. The van der Waals surface area contributed by atoms with Gasteiger partial charge in [0.2, 0.25) is 0 Å². The summed E-state index contributed by atoms with van der Waals surface area (Å²) in [5.41, 5.74) is 17.8. The Morgan fingerprint density at radius 1 is 0.685 bits per heavy atom. The molecule has 0 amide bonds. The lowest BCUT2D eigenvalue weighted by atomic mass is 9.97. The Morgan fingerprint density at radius 3 is 1.65 bits per heavy atom. The minimum atomic E-state index is -1.26. The summed E-state index contributed by atoms with van der Waals surface area (Å²) in [6.07, 6.45) is 7.34. The molecule has 1 aliphatic rings. The smallest absolute Gasteiger partial charge is 0.328 e. The molecule has 2 N–H and O–H groups in total. The Hall–Kier alpha value is -5.60. The van der Waals surface area contributed by atoms with Crippen LogP contribution in [0.25, 0.3) is 22.5 Å². The van der Waals surface area contributed by atoms with E-state index in [0.717, 1.165) is 50.4 Å². The van der Waals surface area contributed by atoms with Gasteiger partial charge >= 0.3 is 11.9 Å². The fourth-order valence-electron chi connectivity index (χ4n) is 7.05. The van der Waals surface area contributed by atoms with E-state index < -0.39 is 11.9 Å². The molecule has 1 fully saturated rings. The lowest BCUT2D eigenvalue weighted by Crippen LogP contribution is -2.44. The van der Waals surface area contributed by atoms with Crippen LogP contribution in [0.3, 0.4) is 0 Å². The van der Waals surface area contributed by atoms with E-state index in [2.05, 4.69) is 131 Å². The zero-order valence-electron chi connectivity index (χ0n) is 32.6. The van der Waals surface area contributed by atoms with Gasteiger partial charge in [-0.15, -0.1) is 0 Å². The van der Waals surface area contributed by atoms with Gasteiger partial charge in [0.25, 0.3) is 0 Å². The Labute approximate surface area is 319 Å². The van der Waals surface area contributed by atoms with Crippen LogP contribution >= 0.6 is 0 Å². The predicted octanol–water partition coefficient (Wildman–Crippen LogP) is 9.35. The number of rotatable bonds is 10. The number of carbonyl (C=O) groups is 2. The first-order chi connectivity index (χ1) is 25.8. The van der Waals surface area contributed by atoms with Gasteiger partial charge in [-0.05, 0) is 172 Å². The second-order valence-corrected chi connectivity index (χ2v) is 14.6. The predicted molar refractivity (Wildman–Crippen MR) is 218 cm³/mol. The molecule has 8 heteroatoms. The molecule has 6 rings (SSSR count). The van der Waals surface area contributed by atoms with E-state index in [1.54, 1.807) is 0 Å². The van der Waals surface area contributed by atoms with E-state index in [1.807, 2.05) is 12.4 Å². The third-order valence-corrected chi connectivity index (χ3v) is 10.6. The Kier molecular flexibility index (Phi) is 13.2. The maximum atomic E-state index is 9.55. The first-order valence-electron chi connectivity index (χ1n) is 18.5. The normalized spacial score (nSPS) is 13.4. The van der Waals surface area contributed by atoms with E-state index in [9.17, 15) is 9.59 Å². The maximum absolute atomic E-state index is 9.55. The van der Waals surface area contributed by atoms with Crippen molar-refractivity contribution in [2.45, 2.75) is 80.4 Å². The van der Waals surface area contributed by atoms with Gasteiger partial charge in [-0.3, -0.25) is 14.9 Å². The molecule has 0 unspecified atom stereocenters. The summed E-state index contributed by atoms with van der Waals surface area (Å²) < 4.78 is 0. The highest BCUT2D eigenvalue weighted by atomic mass is 16.4. The molecule has 3 heterocycles. The minimum absolute atomic E-state index is 0.477. The van der Waals surface area contributed by atoms with Crippen LogP contribution < -0.4 is 4.90 Å². The van der Waals surface area contributed by atoms with Crippen molar-refractivity contribution in [1.29, 1.82) is 0 Å². The first-order valence-corrected chi connectivity index (χ1v) is 18.5. The standard InChI is InChI=1S/C42H48N4.C4H4O4/c1-28-9-8-10-40(19-28)46(27-36-12-16-44-42(25-36)38-22-31(4)34(7)32(5)23-38)39-13-17-45(18-14-39)26-35-11-15-43-41(24-35)37-20-29(2)33(6)30(3)21-37;5-3(6)1-2-4(7)8/h8-12,15-16,19-25,39H,13-14,17-18,26-27H2,1-7H3;1-2H,(H,5,6)(H,7,8)/b;2-1+. The SMILES string of the molecule is Cc1cccc(N(Cc2ccnc(-c3cc(C)c(C)c(C)c3)c2)C2CCN(Cc3ccnc(-c4cc(C)c(C)c(C)c4)c3)CC2)c1.O=C(O)/C=C/C(=O)O. The molecule has 5 aromatic rings. The monoisotopic (exact) mass is 724 g/mol. The summed E-state index contributed by atoms with van der Waals surface area (Å²) in [6.45, 7) is 19.4. The number of anilines is 1. The van der Waals surface area contributed by atoms with Crippen molar-refractivity contribution in [2.75, 3.05) is 18.0 Å². The van der Waals surface area contributed by atoms with Crippen molar-refractivity contribution in [2.24, 2.45) is 0 Å². The number of likely N-dealkylation sites (tertiary alicyclic amines) is 1. The molecule has 0 spiro atoms. The van der Waals surface area contributed by atoms with Gasteiger partial charge in [-0.2, -0.15) is 0 Å². The van der Waals surface area contributed by atoms with E-state index in [0.29, 0.717) is 18.2 Å². The van der Waals surface area contributed by atoms with Gasteiger partial charge < -0.3 is 15.1 Å². The molecule has 0 aliphatic carbocycles. The van der Waals surface area contributed by atoms with E-state index in [-0.39, 0.29) is 0 Å². The van der Waals surface area contributed by atoms with Crippen molar-refractivity contribution >= 4 is 17.6 Å².